The molecule has 8 fully saturated rings. The van der Waals surface area contributed by atoms with Gasteiger partial charge in [0.25, 0.3) is 0 Å². The molecule has 8 rings (SSSR count). The molecule has 0 radical (unpaired) electrons. The zero-order chi connectivity index (χ0) is 15.4. The van der Waals surface area contributed by atoms with E-state index in [1.807, 2.05) is 0 Å². The van der Waals surface area contributed by atoms with Crippen molar-refractivity contribution in [3.8, 4) is 0 Å². The summed E-state index contributed by atoms with van der Waals surface area (Å²) in [6, 6.07) is 1.54. The predicted octanol–water partition coefficient (Wildman–Crippen LogP) is 4.95. The molecule has 23 heavy (non-hydrogen) atoms. The third-order valence-corrected chi connectivity index (χ3v) is 9.71. The van der Waals surface area contributed by atoms with Crippen LogP contribution in [0, 0.1) is 35.5 Å². The lowest BCUT2D eigenvalue weighted by Crippen LogP contribution is -2.66. The molecular weight excluding hydrogens is 325 g/mol. The Bertz CT molecular complexity index is 456. The van der Waals surface area contributed by atoms with Crippen LogP contribution in [0.15, 0.2) is 0 Å². The number of alkyl halides is 2. The molecule has 0 heterocycles. The maximum Gasteiger partial charge on any atom is 0.0456 e. The first-order chi connectivity index (χ1) is 11.0. The topological polar surface area (TPSA) is 12.0 Å². The van der Waals surface area contributed by atoms with Gasteiger partial charge < -0.3 is 5.32 Å². The molecule has 8 bridgehead atoms. The summed E-state index contributed by atoms with van der Waals surface area (Å²) in [7, 11) is 0. The Morgan fingerprint density at radius 2 is 0.913 bits per heavy atom. The summed E-state index contributed by atoms with van der Waals surface area (Å²) >= 11 is 13.9. The molecule has 8 aliphatic carbocycles. The molecule has 128 valence electrons. The normalized spacial score (nSPS) is 65.5. The van der Waals surface area contributed by atoms with E-state index in [0.717, 1.165) is 47.6 Å². The minimum absolute atomic E-state index is 0.180. The highest BCUT2D eigenvalue weighted by molar-refractivity contribution is 6.24. The smallest absolute Gasteiger partial charge is 0.0456 e. The van der Waals surface area contributed by atoms with Crippen molar-refractivity contribution in [3.63, 3.8) is 0 Å². The fourth-order valence-corrected chi connectivity index (χ4v) is 9.85. The van der Waals surface area contributed by atoms with E-state index in [1.54, 1.807) is 0 Å². The molecule has 0 aromatic rings. The van der Waals surface area contributed by atoms with Crippen LogP contribution in [0.3, 0.4) is 0 Å². The van der Waals surface area contributed by atoms with Crippen molar-refractivity contribution in [2.75, 3.05) is 0 Å². The van der Waals surface area contributed by atoms with Crippen LogP contribution in [0.4, 0.5) is 0 Å². The molecule has 10 atom stereocenters. The van der Waals surface area contributed by atoms with Crippen LogP contribution >= 0.6 is 23.2 Å². The third kappa shape index (κ3) is 2.15. The standard InChI is InChI=1S/C20H29Cl2N/c21-19-5-11-1-13(7-19)17(14(2-11)8-19)23-18-15-3-12-4-16(18)10-20(22,6-12)9-15/h11-18,23H,1-10H2/t11?,12?,13-,14?,15+,16?,17?,18?,19?,20?. The highest BCUT2D eigenvalue weighted by atomic mass is 35.5. The Kier molecular flexibility index (Phi) is 2.95. The van der Waals surface area contributed by atoms with E-state index >= 15 is 0 Å². The largest absolute Gasteiger partial charge is 0.310 e. The van der Waals surface area contributed by atoms with E-state index in [1.165, 1.54) is 64.2 Å². The summed E-state index contributed by atoms with van der Waals surface area (Å²) in [5, 5.41) is 4.26. The highest BCUT2D eigenvalue weighted by Crippen LogP contribution is 2.61. The predicted molar refractivity (Wildman–Crippen MR) is 95.0 cm³/mol. The average Bonchev–Trinajstić information content (AvgIpc) is 2.41. The monoisotopic (exact) mass is 353 g/mol. The Morgan fingerprint density at radius 3 is 1.22 bits per heavy atom. The van der Waals surface area contributed by atoms with E-state index in [-0.39, 0.29) is 9.75 Å². The van der Waals surface area contributed by atoms with E-state index in [0.29, 0.717) is 0 Å². The summed E-state index contributed by atoms with van der Waals surface area (Å²) in [6.45, 7) is 0. The van der Waals surface area contributed by atoms with E-state index < -0.39 is 0 Å². The lowest BCUT2D eigenvalue weighted by atomic mass is 9.51. The first-order valence-corrected chi connectivity index (χ1v) is 10.9. The number of rotatable bonds is 2. The summed E-state index contributed by atoms with van der Waals surface area (Å²) in [6.07, 6.45) is 13.5. The first kappa shape index (κ1) is 14.7. The van der Waals surface area contributed by atoms with Crippen LogP contribution in [0.2, 0.25) is 0 Å². The minimum atomic E-state index is 0.180. The third-order valence-electron chi connectivity index (χ3n) is 8.78. The molecule has 0 aromatic heterocycles. The van der Waals surface area contributed by atoms with Gasteiger partial charge in [-0.05, 0) is 99.7 Å². The number of halogens is 2. The molecule has 0 spiro atoms. The molecule has 0 aliphatic heterocycles. The number of hydrogen-bond donors (Lipinski definition) is 1. The van der Waals surface area contributed by atoms with Gasteiger partial charge in [0.2, 0.25) is 0 Å². The van der Waals surface area contributed by atoms with Gasteiger partial charge in [0, 0.05) is 21.8 Å². The average molecular weight is 354 g/mol. The number of hydrogen-bond acceptors (Lipinski definition) is 1. The Labute approximate surface area is 150 Å². The second-order valence-corrected chi connectivity index (χ2v) is 12.1. The molecule has 8 unspecified atom stereocenters. The Morgan fingerprint density at radius 1 is 0.565 bits per heavy atom. The summed E-state index contributed by atoms with van der Waals surface area (Å²) in [5.41, 5.74) is 0. The molecule has 0 saturated heterocycles. The van der Waals surface area contributed by atoms with Crippen molar-refractivity contribution in [2.45, 2.75) is 86.0 Å². The minimum Gasteiger partial charge on any atom is -0.310 e. The molecule has 1 nitrogen and oxygen atoms in total. The molecule has 0 amide bonds. The van der Waals surface area contributed by atoms with Gasteiger partial charge in [-0.1, -0.05) is 0 Å². The van der Waals surface area contributed by atoms with Crippen molar-refractivity contribution in [3.05, 3.63) is 0 Å². The Hall–Kier alpha value is 0.540. The van der Waals surface area contributed by atoms with Crippen molar-refractivity contribution >= 4 is 23.2 Å². The maximum absolute atomic E-state index is 6.93. The van der Waals surface area contributed by atoms with Gasteiger partial charge in [0.05, 0.1) is 0 Å². The van der Waals surface area contributed by atoms with Crippen LogP contribution in [-0.4, -0.2) is 21.8 Å². The van der Waals surface area contributed by atoms with Gasteiger partial charge in [-0.25, -0.2) is 0 Å². The molecule has 0 aromatic carbocycles. The van der Waals surface area contributed by atoms with Crippen LogP contribution in [-0.2, 0) is 0 Å². The lowest BCUT2D eigenvalue weighted by Gasteiger charge is -2.62. The summed E-state index contributed by atoms with van der Waals surface area (Å²) in [5.74, 6) is 5.32. The fraction of sp³-hybridized carbons (Fsp3) is 1.00. The van der Waals surface area contributed by atoms with Gasteiger partial charge in [-0.3, -0.25) is 0 Å². The van der Waals surface area contributed by atoms with E-state index in [4.69, 9.17) is 23.2 Å². The van der Waals surface area contributed by atoms with Gasteiger partial charge in [-0.2, -0.15) is 0 Å². The quantitative estimate of drug-likeness (QED) is 0.692. The second-order valence-electron chi connectivity index (χ2n) is 10.5. The summed E-state index contributed by atoms with van der Waals surface area (Å²) < 4.78 is 0. The molecule has 8 saturated carbocycles. The van der Waals surface area contributed by atoms with Crippen molar-refractivity contribution in [1.82, 2.24) is 5.32 Å². The van der Waals surface area contributed by atoms with E-state index in [9.17, 15) is 0 Å². The highest BCUT2D eigenvalue weighted by Gasteiger charge is 2.58. The zero-order valence-corrected chi connectivity index (χ0v) is 15.5. The number of nitrogens with one attached hydrogen (secondary N) is 1. The fourth-order valence-electron chi connectivity index (χ4n) is 8.62. The molecule has 1 N–H and O–H groups in total. The first-order valence-electron chi connectivity index (χ1n) is 10.1. The molecule has 8 aliphatic rings. The van der Waals surface area contributed by atoms with Gasteiger partial charge >= 0.3 is 0 Å². The van der Waals surface area contributed by atoms with Crippen molar-refractivity contribution in [2.24, 2.45) is 35.5 Å². The van der Waals surface area contributed by atoms with Crippen LogP contribution in [0.5, 0.6) is 0 Å². The van der Waals surface area contributed by atoms with Gasteiger partial charge in [-0.15, -0.1) is 23.2 Å². The Balaban J connectivity index is 1.24. The van der Waals surface area contributed by atoms with Crippen molar-refractivity contribution < 1.29 is 0 Å². The van der Waals surface area contributed by atoms with Gasteiger partial charge in [0.15, 0.2) is 0 Å². The van der Waals surface area contributed by atoms with Gasteiger partial charge in [0.1, 0.15) is 0 Å². The zero-order valence-electron chi connectivity index (χ0n) is 13.9. The van der Waals surface area contributed by atoms with Crippen LogP contribution in [0.1, 0.15) is 64.2 Å². The maximum atomic E-state index is 6.93. The lowest BCUT2D eigenvalue weighted by molar-refractivity contribution is -0.0458. The molecular formula is C20H29Cl2N. The SMILES string of the molecule is ClC12CC3CC(C1)C(NC1C4CC5C[C@H]1CC(Cl)(C5)C4)[C@H](C3)C2. The van der Waals surface area contributed by atoms with Crippen LogP contribution in [0.25, 0.3) is 0 Å². The second kappa shape index (κ2) is 4.63. The van der Waals surface area contributed by atoms with E-state index in [2.05, 4.69) is 5.32 Å². The van der Waals surface area contributed by atoms with Crippen molar-refractivity contribution in [1.29, 1.82) is 0 Å². The van der Waals surface area contributed by atoms with Crippen LogP contribution < -0.4 is 5.32 Å². The molecule has 3 heteroatoms. The summed E-state index contributed by atoms with van der Waals surface area (Å²) in [4.78, 5) is 0.359.